The van der Waals surface area contributed by atoms with Gasteiger partial charge in [0.15, 0.2) is 5.82 Å². The van der Waals surface area contributed by atoms with Gasteiger partial charge in [-0.2, -0.15) is 4.37 Å². The molecule has 1 atom stereocenters. The molecule has 3 heterocycles. The molecule has 3 aromatic rings. The molecule has 1 unspecified atom stereocenters. The number of hydrogen-bond acceptors (Lipinski definition) is 8. The zero-order valence-corrected chi connectivity index (χ0v) is 15.9. The van der Waals surface area contributed by atoms with E-state index in [1.54, 1.807) is 17.7 Å². The summed E-state index contributed by atoms with van der Waals surface area (Å²) in [6, 6.07) is 7.26. The van der Waals surface area contributed by atoms with Crippen molar-refractivity contribution in [2.45, 2.75) is 32.0 Å². The lowest BCUT2D eigenvalue weighted by molar-refractivity contribution is 0.179. The first-order chi connectivity index (χ1) is 13.2. The molecule has 1 saturated heterocycles. The maximum atomic E-state index is 13.0. The Kier molecular flexibility index (Phi) is 5.15. The van der Waals surface area contributed by atoms with Crippen LogP contribution in [-0.4, -0.2) is 44.3 Å². The van der Waals surface area contributed by atoms with Gasteiger partial charge in [0.05, 0.1) is 30.1 Å². The van der Waals surface area contributed by atoms with Crippen LogP contribution in [0.2, 0.25) is 0 Å². The Morgan fingerprint density at radius 3 is 3.00 bits per heavy atom. The van der Waals surface area contributed by atoms with Gasteiger partial charge in [-0.15, -0.1) is 0 Å². The summed E-state index contributed by atoms with van der Waals surface area (Å²) in [4.78, 5) is 24.5. The molecule has 1 aliphatic heterocycles. The first kappa shape index (κ1) is 18.0. The van der Waals surface area contributed by atoms with E-state index in [9.17, 15) is 9.90 Å². The zero-order valence-electron chi connectivity index (χ0n) is 15.0. The van der Waals surface area contributed by atoms with Crippen LogP contribution >= 0.6 is 11.5 Å². The van der Waals surface area contributed by atoms with Gasteiger partial charge in [0.25, 0.3) is 5.56 Å². The Morgan fingerprint density at radius 2 is 2.19 bits per heavy atom. The van der Waals surface area contributed by atoms with E-state index in [1.165, 1.54) is 11.5 Å². The van der Waals surface area contributed by atoms with Crippen LogP contribution in [0.4, 0.5) is 5.13 Å². The fourth-order valence-electron chi connectivity index (χ4n) is 3.57. The predicted octanol–water partition coefficient (Wildman–Crippen LogP) is 1.73. The average molecular weight is 387 g/mol. The molecule has 1 fully saturated rings. The number of rotatable bonds is 6. The summed E-state index contributed by atoms with van der Waals surface area (Å²) in [5.74, 6) is 1.33. The van der Waals surface area contributed by atoms with Gasteiger partial charge in [0, 0.05) is 25.2 Å². The minimum absolute atomic E-state index is 0.0720. The monoisotopic (exact) mass is 387 g/mol. The van der Waals surface area contributed by atoms with E-state index >= 15 is 0 Å². The van der Waals surface area contributed by atoms with Gasteiger partial charge in [-0.25, -0.2) is 9.97 Å². The molecule has 4 rings (SSSR count). The van der Waals surface area contributed by atoms with Gasteiger partial charge in [0.2, 0.25) is 5.13 Å². The van der Waals surface area contributed by atoms with E-state index in [0.717, 1.165) is 24.5 Å². The maximum absolute atomic E-state index is 13.0. The number of fused-ring (bicyclic) bond motifs is 1. The van der Waals surface area contributed by atoms with Gasteiger partial charge >= 0.3 is 0 Å². The second-order valence-corrected chi connectivity index (χ2v) is 7.18. The Morgan fingerprint density at radius 1 is 1.33 bits per heavy atom. The number of hydrogen-bond donors (Lipinski definition) is 1. The van der Waals surface area contributed by atoms with Crippen LogP contribution in [0.15, 0.2) is 29.1 Å². The second-order valence-electron chi connectivity index (χ2n) is 6.45. The molecule has 8 nitrogen and oxygen atoms in total. The van der Waals surface area contributed by atoms with Crippen LogP contribution in [0.3, 0.4) is 0 Å². The highest BCUT2D eigenvalue weighted by Gasteiger charge is 2.32. The van der Waals surface area contributed by atoms with Crippen molar-refractivity contribution in [3.8, 4) is 0 Å². The Bertz CT molecular complexity index is 1000. The second kappa shape index (κ2) is 7.71. The van der Waals surface area contributed by atoms with Gasteiger partial charge in [-0.3, -0.25) is 9.36 Å². The first-order valence-corrected chi connectivity index (χ1v) is 9.68. The molecular formula is C18H21N5O3S. The highest BCUT2D eigenvalue weighted by molar-refractivity contribution is 7.09. The van der Waals surface area contributed by atoms with Crippen LogP contribution in [0.25, 0.3) is 10.9 Å². The molecule has 0 amide bonds. The summed E-state index contributed by atoms with van der Waals surface area (Å²) < 4.78 is 11.0. The van der Waals surface area contributed by atoms with Crippen molar-refractivity contribution in [1.82, 2.24) is 18.9 Å². The largest absolute Gasteiger partial charge is 0.395 e. The van der Waals surface area contributed by atoms with Crippen molar-refractivity contribution in [2.24, 2.45) is 0 Å². The summed E-state index contributed by atoms with van der Waals surface area (Å²) >= 11 is 1.33. The van der Waals surface area contributed by atoms with Crippen molar-refractivity contribution in [2.75, 3.05) is 25.2 Å². The van der Waals surface area contributed by atoms with Crippen molar-refractivity contribution >= 4 is 27.6 Å². The minimum Gasteiger partial charge on any atom is -0.395 e. The topological polar surface area (TPSA) is 93.4 Å². The summed E-state index contributed by atoms with van der Waals surface area (Å²) in [6.45, 7) is 1.31. The van der Waals surface area contributed by atoms with Crippen molar-refractivity contribution < 1.29 is 9.84 Å². The predicted molar refractivity (Wildman–Crippen MR) is 103 cm³/mol. The smallest absolute Gasteiger partial charge is 0.261 e. The molecule has 1 N–H and O–H groups in total. The summed E-state index contributed by atoms with van der Waals surface area (Å²) in [6.07, 6.45) is 1.85. The van der Waals surface area contributed by atoms with Crippen LogP contribution in [0.1, 0.15) is 30.5 Å². The van der Waals surface area contributed by atoms with Crippen LogP contribution < -0.4 is 10.5 Å². The molecule has 27 heavy (non-hydrogen) atoms. The number of aromatic nitrogens is 4. The zero-order chi connectivity index (χ0) is 18.8. The number of methoxy groups -OCH3 is 1. The Balaban J connectivity index is 1.79. The molecule has 0 aliphatic carbocycles. The van der Waals surface area contributed by atoms with Crippen LogP contribution in [-0.2, 0) is 17.9 Å². The van der Waals surface area contributed by atoms with Crippen molar-refractivity contribution in [1.29, 1.82) is 0 Å². The normalized spacial score (nSPS) is 17.1. The molecule has 0 spiro atoms. The number of aliphatic hydroxyl groups excluding tert-OH is 1. The fourth-order valence-corrected chi connectivity index (χ4v) is 4.32. The third kappa shape index (κ3) is 3.33. The number of nitrogens with zero attached hydrogens (tertiary/aromatic N) is 5. The van der Waals surface area contributed by atoms with E-state index in [-0.39, 0.29) is 24.8 Å². The van der Waals surface area contributed by atoms with Gasteiger partial charge in [-0.05, 0) is 25.0 Å². The summed E-state index contributed by atoms with van der Waals surface area (Å²) in [5, 5.41) is 10.9. The van der Waals surface area contributed by atoms with Gasteiger partial charge < -0.3 is 14.7 Å². The molecule has 2 aromatic heterocycles. The van der Waals surface area contributed by atoms with E-state index in [1.807, 2.05) is 18.2 Å². The number of para-hydroxylation sites is 1. The molecule has 1 aromatic carbocycles. The Hall–Kier alpha value is -2.36. The molecule has 0 bridgehead atoms. The van der Waals surface area contributed by atoms with Crippen molar-refractivity contribution in [3.05, 3.63) is 46.3 Å². The molecule has 0 radical (unpaired) electrons. The molecule has 0 saturated carbocycles. The van der Waals surface area contributed by atoms with E-state index < -0.39 is 0 Å². The number of ether oxygens (including phenoxy) is 1. The third-order valence-electron chi connectivity index (χ3n) is 4.74. The average Bonchev–Trinajstić information content (AvgIpc) is 3.33. The number of aliphatic hydroxyl groups is 1. The maximum Gasteiger partial charge on any atom is 0.261 e. The third-order valence-corrected chi connectivity index (χ3v) is 5.53. The van der Waals surface area contributed by atoms with Gasteiger partial charge in [-0.1, -0.05) is 12.1 Å². The van der Waals surface area contributed by atoms with Crippen LogP contribution in [0, 0.1) is 0 Å². The molecule has 1 aliphatic rings. The highest BCUT2D eigenvalue weighted by atomic mass is 32.1. The van der Waals surface area contributed by atoms with E-state index in [2.05, 4.69) is 14.3 Å². The first-order valence-electron chi connectivity index (χ1n) is 8.91. The van der Waals surface area contributed by atoms with Gasteiger partial charge in [0.1, 0.15) is 12.4 Å². The Labute approximate surface area is 160 Å². The van der Waals surface area contributed by atoms with Crippen LogP contribution in [0.5, 0.6) is 0 Å². The lowest BCUT2D eigenvalue weighted by Crippen LogP contribution is -2.33. The SMILES string of the molecule is COCc1nsc(N2CCCC2c2nc3ccccc3c(=O)n2CCO)n1. The molecule has 9 heteroatoms. The number of benzene rings is 1. The van der Waals surface area contributed by atoms with Crippen molar-refractivity contribution in [3.63, 3.8) is 0 Å². The lowest BCUT2D eigenvalue weighted by Gasteiger charge is -2.25. The standard InChI is InChI=1S/C18H21N5O3S/c1-26-11-15-20-18(27-21-15)22-8-4-7-14(22)16-19-13-6-3-2-5-12(13)17(25)23(16)9-10-24/h2-3,5-6,14,24H,4,7-11H2,1H3. The summed E-state index contributed by atoms with van der Waals surface area (Å²) in [5.41, 5.74) is 0.560. The quantitative estimate of drug-likeness (QED) is 0.688. The van der Waals surface area contributed by atoms with E-state index in [0.29, 0.717) is 29.2 Å². The van der Waals surface area contributed by atoms with E-state index in [4.69, 9.17) is 9.72 Å². The molecular weight excluding hydrogens is 366 g/mol. The number of anilines is 1. The minimum atomic E-state index is -0.117. The fraction of sp³-hybridized carbons (Fsp3) is 0.444. The lowest BCUT2D eigenvalue weighted by atomic mass is 10.1. The summed E-state index contributed by atoms with van der Waals surface area (Å²) in [7, 11) is 1.62. The molecule has 142 valence electrons. The highest BCUT2D eigenvalue weighted by Crippen LogP contribution is 2.36.